The summed E-state index contributed by atoms with van der Waals surface area (Å²) >= 11 is 5.81. The van der Waals surface area contributed by atoms with Crippen molar-refractivity contribution in [2.75, 3.05) is 32.7 Å². The number of amides is 2. The van der Waals surface area contributed by atoms with E-state index in [4.69, 9.17) is 11.6 Å². The van der Waals surface area contributed by atoms with Crippen LogP contribution in [0.5, 0.6) is 0 Å². The average molecular weight is 430 g/mol. The van der Waals surface area contributed by atoms with Crippen molar-refractivity contribution in [3.8, 4) is 0 Å². The van der Waals surface area contributed by atoms with Crippen LogP contribution in [0.1, 0.15) is 28.8 Å². The van der Waals surface area contributed by atoms with Gasteiger partial charge >= 0.3 is 0 Å². The monoisotopic (exact) mass is 429 g/mol. The highest BCUT2D eigenvalue weighted by Gasteiger charge is 2.35. The van der Waals surface area contributed by atoms with E-state index >= 15 is 0 Å². The van der Waals surface area contributed by atoms with Crippen molar-refractivity contribution >= 4 is 23.4 Å². The predicted octanol–water partition coefficient (Wildman–Crippen LogP) is 3.43. The standard InChI is InChI=1S/C23H25ClFN3O2/c24-19-9-4-8-18(21(19)25)22(29)27-14-12-26(13-15-27)20-10-5-11-28(23(20)30)16-17-6-2-1-3-7-17/h1-4,6-9,20H,5,10-16H2/t20-/m1/s1. The SMILES string of the molecule is O=C(c1cccc(Cl)c1F)N1CCN([C@@H]2CCCN(Cc3ccccc3)C2=O)CC1. The van der Waals surface area contributed by atoms with Gasteiger partial charge in [-0.25, -0.2) is 4.39 Å². The lowest BCUT2D eigenvalue weighted by atomic mass is 10.0. The minimum absolute atomic E-state index is 0.00118. The molecule has 2 fully saturated rings. The second-order valence-corrected chi connectivity index (χ2v) is 8.24. The van der Waals surface area contributed by atoms with Crippen LogP contribution in [-0.4, -0.2) is 65.3 Å². The summed E-state index contributed by atoms with van der Waals surface area (Å²) in [7, 11) is 0. The van der Waals surface area contributed by atoms with Gasteiger partial charge in [0.2, 0.25) is 5.91 Å². The summed E-state index contributed by atoms with van der Waals surface area (Å²) in [5.74, 6) is -0.869. The van der Waals surface area contributed by atoms with Gasteiger partial charge in [0.05, 0.1) is 16.6 Å². The summed E-state index contributed by atoms with van der Waals surface area (Å²) in [6.45, 7) is 3.53. The molecular weight excluding hydrogens is 405 g/mol. The van der Waals surface area contributed by atoms with Crippen LogP contribution < -0.4 is 0 Å². The Bertz CT molecular complexity index is 916. The summed E-state index contributed by atoms with van der Waals surface area (Å²) in [5, 5.41) is -0.0502. The molecule has 2 aromatic rings. The van der Waals surface area contributed by atoms with Crippen molar-refractivity contribution in [1.29, 1.82) is 0 Å². The number of piperazine rings is 1. The number of likely N-dealkylation sites (tertiary alicyclic amines) is 1. The number of carbonyl (C=O) groups excluding carboxylic acids is 2. The normalized spacial score (nSPS) is 20.5. The number of benzene rings is 2. The quantitative estimate of drug-likeness (QED) is 0.748. The summed E-state index contributed by atoms with van der Waals surface area (Å²) in [6.07, 6.45) is 1.80. The molecule has 0 radical (unpaired) electrons. The minimum atomic E-state index is -0.675. The third-order valence-corrected chi connectivity index (χ3v) is 6.23. The zero-order valence-corrected chi connectivity index (χ0v) is 17.5. The molecule has 158 valence electrons. The number of hydrogen-bond donors (Lipinski definition) is 0. The zero-order valence-electron chi connectivity index (χ0n) is 16.8. The van der Waals surface area contributed by atoms with Crippen molar-refractivity contribution in [2.24, 2.45) is 0 Å². The molecule has 2 aliphatic rings. The van der Waals surface area contributed by atoms with Gasteiger partial charge in [-0.1, -0.05) is 48.0 Å². The number of rotatable bonds is 4. The molecule has 0 bridgehead atoms. The van der Waals surface area contributed by atoms with Crippen LogP contribution in [0, 0.1) is 5.82 Å². The molecule has 30 heavy (non-hydrogen) atoms. The van der Waals surface area contributed by atoms with E-state index in [-0.39, 0.29) is 28.4 Å². The van der Waals surface area contributed by atoms with Crippen LogP contribution in [0.15, 0.2) is 48.5 Å². The topological polar surface area (TPSA) is 43.9 Å². The highest BCUT2D eigenvalue weighted by molar-refractivity contribution is 6.31. The van der Waals surface area contributed by atoms with Gasteiger partial charge in [-0.15, -0.1) is 0 Å². The number of piperidine rings is 1. The van der Waals surface area contributed by atoms with Crippen LogP contribution in [0.2, 0.25) is 5.02 Å². The molecular formula is C23H25ClFN3O2. The second-order valence-electron chi connectivity index (χ2n) is 7.83. The summed E-state index contributed by atoms with van der Waals surface area (Å²) < 4.78 is 14.2. The maximum atomic E-state index is 14.2. The van der Waals surface area contributed by atoms with Gasteiger partial charge in [0, 0.05) is 39.3 Å². The minimum Gasteiger partial charge on any atom is -0.337 e. The fourth-order valence-electron chi connectivity index (χ4n) is 4.30. The number of hydrogen-bond acceptors (Lipinski definition) is 3. The van der Waals surface area contributed by atoms with Gasteiger partial charge in [-0.05, 0) is 30.5 Å². The molecule has 2 amide bonds. The lowest BCUT2D eigenvalue weighted by molar-refractivity contribution is -0.141. The van der Waals surface area contributed by atoms with Gasteiger partial charge in [-0.2, -0.15) is 0 Å². The van der Waals surface area contributed by atoms with Crippen LogP contribution in [0.25, 0.3) is 0 Å². The third kappa shape index (κ3) is 4.35. The Hall–Kier alpha value is -2.44. The first kappa shape index (κ1) is 20.8. The maximum Gasteiger partial charge on any atom is 0.256 e. The summed E-state index contributed by atoms with van der Waals surface area (Å²) in [4.78, 5) is 31.5. The summed E-state index contributed by atoms with van der Waals surface area (Å²) in [5.41, 5.74) is 1.13. The molecule has 0 saturated carbocycles. The van der Waals surface area contributed by atoms with Crippen molar-refractivity contribution < 1.29 is 14.0 Å². The molecule has 2 saturated heterocycles. The Balaban J connectivity index is 1.37. The van der Waals surface area contributed by atoms with Crippen molar-refractivity contribution in [3.63, 3.8) is 0 Å². The van der Waals surface area contributed by atoms with Crippen LogP contribution >= 0.6 is 11.6 Å². The molecule has 5 nitrogen and oxygen atoms in total. The van der Waals surface area contributed by atoms with Crippen LogP contribution in [0.4, 0.5) is 4.39 Å². The molecule has 2 aromatic carbocycles. The number of nitrogens with zero attached hydrogens (tertiary/aromatic N) is 3. The molecule has 0 N–H and O–H groups in total. The number of carbonyl (C=O) groups is 2. The van der Waals surface area contributed by atoms with Crippen LogP contribution in [0.3, 0.4) is 0 Å². The Morgan fingerprint density at radius 1 is 1.00 bits per heavy atom. The van der Waals surface area contributed by atoms with Gasteiger partial charge in [0.15, 0.2) is 5.82 Å². The molecule has 1 atom stereocenters. The first-order chi connectivity index (χ1) is 14.5. The highest BCUT2D eigenvalue weighted by Crippen LogP contribution is 2.23. The van der Waals surface area contributed by atoms with E-state index in [1.165, 1.54) is 12.1 Å². The molecule has 0 spiro atoms. The molecule has 0 unspecified atom stereocenters. The van der Waals surface area contributed by atoms with Gasteiger partial charge in [0.25, 0.3) is 5.91 Å². The molecule has 2 heterocycles. The van der Waals surface area contributed by atoms with E-state index in [1.807, 2.05) is 35.2 Å². The molecule has 0 aromatic heterocycles. The Morgan fingerprint density at radius 2 is 1.73 bits per heavy atom. The van der Waals surface area contributed by atoms with Crippen molar-refractivity contribution in [3.05, 3.63) is 70.5 Å². The Labute approximate surface area is 181 Å². The smallest absolute Gasteiger partial charge is 0.256 e. The maximum absolute atomic E-state index is 14.2. The fourth-order valence-corrected chi connectivity index (χ4v) is 4.47. The van der Waals surface area contributed by atoms with Crippen molar-refractivity contribution in [1.82, 2.24) is 14.7 Å². The lowest BCUT2D eigenvalue weighted by Crippen LogP contribution is -2.58. The van der Waals surface area contributed by atoms with E-state index in [9.17, 15) is 14.0 Å². The fraction of sp³-hybridized carbons (Fsp3) is 0.391. The van der Waals surface area contributed by atoms with Gasteiger partial charge < -0.3 is 9.80 Å². The largest absolute Gasteiger partial charge is 0.337 e. The number of halogens is 2. The lowest BCUT2D eigenvalue weighted by Gasteiger charge is -2.42. The Morgan fingerprint density at radius 3 is 2.47 bits per heavy atom. The summed E-state index contributed by atoms with van der Waals surface area (Å²) in [6, 6.07) is 14.3. The van der Waals surface area contributed by atoms with Gasteiger partial charge in [-0.3, -0.25) is 14.5 Å². The molecule has 7 heteroatoms. The molecule has 2 aliphatic heterocycles. The van der Waals surface area contributed by atoms with E-state index in [0.29, 0.717) is 32.7 Å². The molecule has 0 aliphatic carbocycles. The van der Waals surface area contributed by atoms with E-state index in [1.54, 1.807) is 11.0 Å². The first-order valence-electron chi connectivity index (χ1n) is 10.3. The second kappa shape index (κ2) is 9.14. The van der Waals surface area contributed by atoms with E-state index in [0.717, 1.165) is 24.9 Å². The zero-order chi connectivity index (χ0) is 21.1. The average Bonchev–Trinajstić information content (AvgIpc) is 2.77. The Kier molecular flexibility index (Phi) is 6.35. The predicted molar refractivity (Wildman–Crippen MR) is 114 cm³/mol. The van der Waals surface area contributed by atoms with E-state index in [2.05, 4.69) is 4.90 Å². The van der Waals surface area contributed by atoms with E-state index < -0.39 is 5.82 Å². The van der Waals surface area contributed by atoms with Crippen LogP contribution in [-0.2, 0) is 11.3 Å². The van der Waals surface area contributed by atoms with Crippen molar-refractivity contribution in [2.45, 2.75) is 25.4 Å². The first-order valence-corrected chi connectivity index (χ1v) is 10.7. The third-order valence-electron chi connectivity index (χ3n) is 5.94. The highest BCUT2D eigenvalue weighted by atomic mass is 35.5. The van der Waals surface area contributed by atoms with Gasteiger partial charge in [0.1, 0.15) is 0 Å². The molecule has 4 rings (SSSR count).